The Hall–Kier alpha value is -0.0800. The predicted octanol–water partition coefficient (Wildman–Crippen LogP) is 1.80. The van der Waals surface area contributed by atoms with Crippen molar-refractivity contribution in [2.45, 2.75) is 62.4 Å². The minimum absolute atomic E-state index is 0.489. The van der Waals surface area contributed by atoms with Crippen molar-refractivity contribution in [2.75, 3.05) is 13.1 Å². The molecule has 0 unspecified atom stereocenters. The van der Waals surface area contributed by atoms with Gasteiger partial charge in [0.25, 0.3) is 0 Å². The molecular weight excluding hydrogens is 172 g/mol. The molecule has 2 nitrogen and oxygen atoms in total. The highest BCUT2D eigenvalue weighted by Crippen LogP contribution is 2.38. The topological polar surface area (TPSA) is 24.1 Å². The van der Waals surface area contributed by atoms with Crippen LogP contribution in [-0.2, 0) is 0 Å². The molecule has 2 spiro atoms. The van der Waals surface area contributed by atoms with Crippen LogP contribution in [0, 0.1) is 0 Å². The van der Waals surface area contributed by atoms with E-state index in [1.807, 2.05) is 0 Å². The summed E-state index contributed by atoms with van der Waals surface area (Å²) in [7, 11) is 0. The molecule has 3 aliphatic rings. The Labute approximate surface area is 86.8 Å². The van der Waals surface area contributed by atoms with Crippen molar-refractivity contribution in [2.24, 2.45) is 0 Å². The van der Waals surface area contributed by atoms with Crippen molar-refractivity contribution < 1.29 is 0 Å². The zero-order valence-electron chi connectivity index (χ0n) is 9.07. The molecule has 3 rings (SSSR count). The average molecular weight is 194 g/mol. The van der Waals surface area contributed by atoms with Gasteiger partial charge in [-0.3, -0.25) is 0 Å². The van der Waals surface area contributed by atoms with E-state index >= 15 is 0 Å². The van der Waals surface area contributed by atoms with Gasteiger partial charge in [0.2, 0.25) is 0 Å². The van der Waals surface area contributed by atoms with Crippen LogP contribution in [0.15, 0.2) is 0 Å². The molecule has 0 aromatic heterocycles. The van der Waals surface area contributed by atoms with Crippen molar-refractivity contribution in [1.29, 1.82) is 0 Å². The summed E-state index contributed by atoms with van der Waals surface area (Å²) in [5.74, 6) is 0. The third-order valence-electron chi connectivity index (χ3n) is 4.58. The molecule has 2 aliphatic carbocycles. The fourth-order valence-electron chi connectivity index (χ4n) is 3.90. The average Bonchev–Trinajstić information content (AvgIpc) is 2.77. The lowest BCUT2D eigenvalue weighted by atomic mass is 9.85. The molecule has 1 heterocycles. The lowest BCUT2D eigenvalue weighted by molar-refractivity contribution is 0.151. The van der Waals surface area contributed by atoms with Crippen molar-refractivity contribution in [3.05, 3.63) is 0 Å². The van der Waals surface area contributed by atoms with E-state index in [2.05, 4.69) is 10.6 Å². The first-order chi connectivity index (χ1) is 6.83. The van der Waals surface area contributed by atoms with E-state index in [1.54, 1.807) is 0 Å². The lowest BCUT2D eigenvalue weighted by Gasteiger charge is -2.47. The molecule has 0 radical (unpaired) electrons. The van der Waals surface area contributed by atoms with Crippen LogP contribution in [0.5, 0.6) is 0 Å². The second-order valence-corrected chi connectivity index (χ2v) is 5.70. The van der Waals surface area contributed by atoms with Crippen LogP contribution in [-0.4, -0.2) is 24.2 Å². The zero-order valence-corrected chi connectivity index (χ0v) is 9.07. The summed E-state index contributed by atoms with van der Waals surface area (Å²) in [6.45, 7) is 2.43. The molecule has 3 fully saturated rings. The molecule has 1 saturated heterocycles. The number of hydrogen-bond acceptors (Lipinski definition) is 2. The highest BCUT2D eigenvalue weighted by molar-refractivity contribution is 5.08. The molecule has 80 valence electrons. The van der Waals surface area contributed by atoms with Crippen LogP contribution in [0.2, 0.25) is 0 Å². The molecule has 2 saturated carbocycles. The summed E-state index contributed by atoms with van der Waals surface area (Å²) in [6.07, 6.45) is 11.4. The summed E-state index contributed by atoms with van der Waals surface area (Å²) < 4.78 is 0. The van der Waals surface area contributed by atoms with Gasteiger partial charge < -0.3 is 10.6 Å². The highest BCUT2D eigenvalue weighted by atomic mass is 15.2. The molecule has 2 heteroatoms. The second-order valence-electron chi connectivity index (χ2n) is 5.70. The molecule has 2 N–H and O–H groups in total. The molecule has 0 atom stereocenters. The highest BCUT2D eigenvalue weighted by Gasteiger charge is 2.46. The Kier molecular flexibility index (Phi) is 2.10. The van der Waals surface area contributed by atoms with Gasteiger partial charge >= 0.3 is 0 Å². The molecule has 0 aromatic carbocycles. The normalized spacial score (nSPS) is 34.3. The van der Waals surface area contributed by atoms with E-state index in [1.165, 1.54) is 64.5 Å². The van der Waals surface area contributed by atoms with Gasteiger partial charge in [0, 0.05) is 24.2 Å². The van der Waals surface area contributed by atoms with Gasteiger partial charge in [0.15, 0.2) is 0 Å². The predicted molar refractivity (Wildman–Crippen MR) is 58.4 cm³/mol. The number of piperazine rings is 1. The summed E-state index contributed by atoms with van der Waals surface area (Å²) in [4.78, 5) is 0. The summed E-state index contributed by atoms with van der Waals surface area (Å²) in [6, 6.07) is 0. The van der Waals surface area contributed by atoms with Gasteiger partial charge in [0.1, 0.15) is 0 Å². The maximum absolute atomic E-state index is 4.04. The Balaban J connectivity index is 1.77. The standard InChI is InChI=1S/C12H22N2/c1-2-6-11(5-1)9-13-10-12(14-11)7-3-4-8-12/h13-14H,1-10H2. The van der Waals surface area contributed by atoms with Crippen LogP contribution in [0.25, 0.3) is 0 Å². The summed E-state index contributed by atoms with van der Waals surface area (Å²) in [5.41, 5.74) is 0.977. The van der Waals surface area contributed by atoms with Gasteiger partial charge in [-0.15, -0.1) is 0 Å². The van der Waals surface area contributed by atoms with E-state index in [9.17, 15) is 0 Å². The second kappa shape index (κ2) is 3.21. The maximum atomic E-state index is 4.04. The van der Waals surface area contributed by atoms with Gasteiger partial charge in [-0.25, -0.2) is 0 Å². The fourth-order valence-corrected chi connectivity index (χ4v) is 3.90. The molecule has 14 heavy (non-hydrogen) atoms. The number of nitrogens with one attached hydrogen (secondary N) is 2. The molecular formula is C12H22N2. The van der Waals surface area contributed by atoms with Crippen molar-refractivity contribution in [1.82, 2.24) is 10.6 Å². The first kappa shape index (κ1) is 9.17. The quantitative estimate of drug-likeness (QED) is 0.614. The van der Waals surface area contributed by atoms with Crippen LogP contribution < -0.4 is 10.6 Å². The monoisotopic (exact) mass is 194 g/mol. The van der Waals surface area contributed by atoms with Gasteiger partial charge in [0.05, 0.1) is 0 Å². The van der Waals surface area contributed by atoms with Crippen LogP contribution in [0.1, 0.15) is 51.4 Å². The van der Waals surface area contributed by atoms with Crippen LogP contribution in [0.3, 0.4) is 0 Å². The van der Waals surface area contributed by atoms with Crippen molar-refractivity contribution in [3.8, 4) is 0 Å². The van der Waals surface area contributed by atoms with Gasteiger partial charge in [-0.05, 0) is 25.7 Å². The SMILES string of the molecule is C1CCC2(C1)CNCC1(CCCC1)N2. The third kappa shape index (κ3) is 1.40. The minimum Gasteiger partial charge on any atom is -0.313 e. The Morgan fingerprint density at radius 1 is 0.643 bits per heavy atom. The van der Waals surface area contributed by atoms with E-state index in [-0.39, 0.29) is 0 Å². The Morgan fingerprint density at radius 3 is 1.50 bits per heavy atom. The van der Waals surface area contributed by atoms with Crippen LogP contribution in [0.4, 0.5) is 0 Å². The van der Waals surface area contributed by atoms with Crippen LogP contribution >= 0.6 is 0 Å². The smallest absolute Gasteiger partial charge is 0.0311 e. The van der Waals surface area contributed by atoms with E-state index in [4.69, 9.17) is 0 Å². The molecule has 0 bridgehead atoms. The van der Waals surface area contributed by atoms with Gasteiger partial charge in [-0.1, -0.05) is 25.7 Å². The largest absolute Gasteiger partial charge is 0.313 e. The first-order valence-corrected chi connectivity index (χ1v) is 6.33. The van der Waals surface area contributed by atoms with E-state index in [0.29, 0.717) is 11.1 Å². The number of hydrogen-bond donors (Lipinski definition) is 2. The molecule has 1 aliphatic heterocycles. The Bertz CT molecular complexity index is 190. The number of rotatable bonds is 0. The van der Waals surface area contributed by atoms with Gasteiger partial charge in [-0.2, -0.15) is 0 Å². The van der Waals surface area contributed by atoms with E-state index in [0.717, 1.165) is 0 Å². The maximum Gasteiger partial charge on any atom is 0.0311 e. The molecule has 0 aromatic rings. The minimum atomic E-state index is 0.489. The Morgan fingerprint density at radius 2 is 1.07 bits per heavy atom. The fraction of sp³-hybridized carbons (Fsp3) is 1.00. The first-order valence-electron chi connectivity index (χ1n) is 6.33. The molecule has 0 amide bonds. The third-order valence-corrected chi connectivity index (χ3v) is 4.58. The zero-order chi connectivity index (χ0) is 9.49. The van der Waals surface area contributed by atoms with Crippen molar-refractivity contribution in [3.63, 3.8) is 0 Å². The van der Waals surface area contributed by atoms with Crippen molar-refractivity contribution >= 4 is 0 Å². The van der Waals surface area contributed by atoms with E-state index < -0.39 is 0 Å². The summed E-state index contributed by atoms with van der Waals surface area (Å²) >= 11 is 0. The summed E-state index contributed by atoms with van der Waals surface area (Å²) in [5, 5.41) is 7.73. The lowest BCUT2D eigenvalue weighted by Crippen LogP contribution is -2.68.